The van der Waals surface area contributed by atoms with Gasteiger partial charge >= 0.3 is 6.03 Å². The van der Waals surface area contributed by atoms with E-state index in [0.29, 0.717) is 30.8 Å². The molecular formula is C20H25N3O3S. The summed E-state index contributed by atoms with van der Waals surface area (Å²) in [6.45, 7) is 0.484. The van der Waals surface area contributed by atoms with E-state index in [2.05, 4.69) is 16.0 Å². The summed E-state index contributed by atoms with van der Waals surface area (Å²) in [4.78, 5) is 26.6. The third-order valence-electron chi connectivity index (χ3n) is 4.83. The van der Waals surface area contributed by atoms with Gasteiger partial charge in [0.05, 0.1) is 13.7 Å². The Morgan fingerprint density at radius 2 is 1.96 bits per heavy atom. The van der Waals surface area contributed by atoms with Crippen LogP contribution in [-0.2, 0) is 11.3 Å². The van der Waals surface area contributed by atoms with Crippen molar-refractivity contribution in [2.45, 2.75) is 44.2 Å². The molecule has 1 aromatic heterocycles. The minimum absolute atomic E-state index is 0.114. The topological polar surface area (TPSA) is 79.5 Å². The summed E-state index contributed by atoms with van der Waals surface area (Å²) in [7, 11) is 1.58. The van der Waals surface area contributed by atoms with Gasteiger partial charge in [-0.3, -0.25) is 4.79 Å². The Morgan fingerprint density at radius 3 is 2.67 bits per heavy atom. The Bertz CT molecular complexity index is 771. The van der Waals surface area contributed by atoms with Crippen LogP contribution in [0.25, 0.3) is 0 Å². The van der Waals surface area contributed by atoms with Crippen LogP contribution in [0, 0.1) is 0 Å². The molecule has 1 heterocycles. The molecule has 0 radical (unpaired) electrons. The highest BCUT2D eigenvalue weighted by atomic mass is 32.1. The van der Waals surface area contributed by atoms with Crippen molar-refractivity contribution in [1.82, 2.24) is 10.6 Å². The Morgan fingerprint density at radius 1 is 1.15 bits per heavy atom. The molecule has 3 N–H and O–H groups in total. The van der Waals surface area contributed by atoms with Crippen molar-refractivity contribution in [2.24, 2.45) is 0 Å². The maximum atomic E-state index is 12.9. The number of anilines is 1. The van der Waals surface area contributed by atoms with Gasteiger partial charge in [-0.05, 0) is 36.4 Å². The maximum Gasteiger partial charge on any atom is 0.320 e. The van der Waals surface area contributed by atoms with Crippen molar-refractivity contribution in [1.29, 1.82) is 0 Å². The first kappa shape index (κ1) is 19.2. The molecule has 1 aromatic carbocycles. The summed E-state index contributed by atoms with van der Waals surface area (Å²) in [5, 5.41) is 10.7. The molecule has 0 atom stereocenters. The van der Waals surface area contributed by atoms with E-state index in [0.717, 1.165) is 24.1 Å². The van der Waals surface area contributed by atoms with Crippen LogP contribution in [0.1, 0.15) is 37.0 Å². The molecule has 0 saturated heterocycles. The highest BCUT2D eigenvalue weighted by molar-refractivity contribution is 7.09. The zero-order chi connectivity index (χ0) is 19.1. The van der Waals surface area contributed by atoms with Gasteiger partial charge in [-0.15, -0.1) is 11.3 Å². The molecule has 1 aliphatic rings. The molecule has 1 aliphatic carbocycles. The standard InChI is InChI=1S/C20H25N3O3S/c1-26-16-8-5-7-15(13-16)22-19(25)23-20(10-3-2-4-11-20)18(24)21-14-17-9-6-12-27-17/h5-9,12-13H,2-4,10-11,14H2,1H3,(H,21,24)(H2,22,23,25). The molecule has 3 amide bonds. The molecule has 0 bridgehead atoms. The lowest BCUT2D eigenvalue weighted by molar-refractivity contribution is -0.128. The van der Waals surface area contributed by atoms with Gasteiger partial charge < -0.3 is 20.7 Å². The van der Waals surface area contributed by atoms with E-state index < -0.39 is 5.54 Å². The van der Waals surface area contributed by atoms with Gasteiger partial charge in [0, 0.05) is 16.6 Å². The first-order valence-corrected chi connectivity index (χ1v) is 10.0. The predicted molar refractivity (Wildman–Crippen MR) is 107 cm³/mol. The SMILES string of the molecule is COc1cccc(NC(=O)NC2(C(=O)NCc3cccs3)CCCCC2)c1. The second-order valence-corrected chi connectivity index (χ2v) is 7.75. The van der Waals surface area contributed by atoms with Gasteiger partial charge in [0.2, 0.25) is 5.91 Å². The normalized spacial score (nSPS) is 15.6. The Hall–Kier alpha value is -2.54. The fourth-order valence-electron chi connectivity index (χ4n) is 3.39. The maximum absolute atomic E-state index is 12.9. The molecule has 2 aromatic rings. The Balaban J connectivity index is 1.65. The molecule has 6 nitrogen and oxygen atoms in total. The highest BCUT2D eigenvalue weighted by Gasteiger charge is 2.40. The fourth-order valence-corrected chi connectivity index (χ4v) is 4.04. The predicted octanol–water partition coefficient (Wildman–Crippen LogP) is 3.90. The average Bonchev–Trinajstić information content (AvgIpc) is 3.20. The lowest BCUT2D eigenvalue weighted by atomic mass is 9.81. The molecule has 27 heavy (non-hydrogen) atoms. The molecule has 0 aliphatic heterocycles. The molecular weight excluding hydrogens is 362 g/mol. The summed E-state index contributed by atoms with van der Waals surface area (Å²) in [5.41, 5.74) is -0.241. The number of ether oxygens (including phenoxy) is 1. The third-order valence-corrected chi connectivity index (χ3v) is 5.70. The van der Waals surface area contributed by atoms with Crippen LogP contribution in [0.3, 0.4) is 0 Å². The summed E-state index contributed by atoms with van der Waals surface area (Å²) in [6, 6.07) is 10.7. The van der Waals surface area contributed by atoms with Crippen molar-refractivity contribution in [3.05, 3.63) is 46.7 Å². The fraction of sp³-hybridized carbons (Fsp3) is 0.400. The van der Waals surface area contributed by atoms with E-state index in [9.17, 15) is 9.59 Å². The lowest BCUT2D eigenvalue weighted by Crippen LogP contribution is -2.60. The number of benzene rings is 1. The van der Waals surface area contributed by atoms with Crippen molar-refractivity contribution in [2.75, 3.05) is 12.4 Å². The van der Waals surface area contributed by atoms with Crippen molar-refractivity contribution in [3.8, 4) is 5.75 Å². The number of thiophene rings is 1. The minimum atomic E-state index is -0.863. The van der Waals surface area contributed by atoms with E-state index in [1.807, 2.05) is 23.6 Å². The van der Waals surface area contributed by atoms with E-state index >= 15 is 0 Å². The second-order valence-electron chi connectivity index (χ2n) is 6.72. The van der Waals surface area contributed by atoms with Crippen LogP contribution in [0.15, 0.2) is 41.8 Å². The highest BCUT2D eigenvalue weighted by Crippen LogP contribution is 2.29. The van der Waals surface area contributed by atoms with E-state index in [1.165, 1.54) is 0 Å². The Kier molecular flexibility index (Phi) is 6.34. The van der Waals surface area contributed by atoms with Crippen LogP contribution in [-0.4, -0.2) is 24.6 Å². The summed E-state index contributed by atoms with van der Waals surface area (Å²) < 4.78 is 5.18. The number of carbonyl (C=O) groups excluding carboxylic acids is 2. The lowest BCUT2D eigenvalue weighted by Gasteiger charge is -2.36. The monoisotopic (exact) mass is 387 g/mol. The first-order valence-electron chi connectivity index (χ1n) is 9.15. The van der Waals surface area contributed by atoms with Crippen molar-refractivity contribution in [3.63, 3.8) is 0 Å². The van der Waals surface area contributed by atoms with Gasteiger partial charge in [-0.25, -0.2) is 4.79 Å². The Labute approximate surface area is 163 Å². The number of carbonyl (C=O) groups is 2. The number of hydrogen-bond acceptors (Lipinski definition) is 4. The summed E-state index contributed by atoms with van der Waals surface area (Å²) in [5.74, 6) is 0.547. The van der Waals surface area contributed by atoms with Crippen LogP contribution >= 0.6 is 11.3 Å². The third kappa shape index (κ3) is 5.01. The molecule has 144 valence electrons. The molecule has 1 fully saturated rings. The van der Waals surface area contributed by atoms with Crippen molar-refractivity contribution < 1.29 is 14.3 Å². The van der Waals surface area contributed by atoms with Gasteiger partial charge in [-0.1, -0.05) is 31.4 Å². The summed E-state index contributed by atoms with van der Waals surface area (Å²) in [6.07, 6.45) is 4.22. The van der Waals surface area contributed by atoms with Crippen LogP contribution < -0.4 is 20.7 Å². The van der Waals surface area contributed by atoms with E-state index in [-0.39, 0.29) is 11.9 Å². The van der Waals surface area contributed by atoms with Gasteiger partial charge in [0.25, 0.3) is 0 Å². The second kappa shape index (κ2) is 8.90. The minimum Gasteiger partial charge on any atom is -0.497 e. The quantitative estimate of drug-likeness (QED) is 0.703. The van der Waals surface area contributed by atoms with Gasteiger partial charge in [-0.2, -0.15) is 0 Å². The molecule has 7 heteroatoms. The van der Waals surface area contributed by atoms with Gasteiger partial charge in [0.1, 0.15) is 11.3 Å². The number of methoxy groups -OCH3 is 1. The summed E-state index contributed by atoms with van der Waals surface area (Å²) >= 11 is 1.60. The zero-order valence-corrected chi connectivity index (χ0v) is 16.2. The number of hydrogen-bond donors (Lipinski definition) is 3. The number of rotatable bonds is 6. The zero-order valence-electron chi connectivity index (χ0n) is 15.4. The smallest absolute Gasteiger partial charge is 0.320 e. The van der Waals surface area contributed by atoms with Crippen LogP contribution in [0.2, 0.25) is 0 Å². The van der Waals surface area contributed by atoms with Crippen molar-refractivity contribution >= 4 is 29.0 Å². The molecule has 1 saturated carbocycles. The first-order chi connectivity index (χ1) is 13.1. The average molecular weight is 388 g/mol. The number of amides is 3. The van der Waals surface area contributed by atoms with Crippen LogP contribution in [0.5, 0.6) is 5.75 Å². The van der Waals surface area contributed by atoms with E-state index in [1.54, 1.807) is 36.6 Å². The number of nitrogens with one attached hydrogen (secondary N) is 3. The largest absolute Gasteiger partial charge is 0.497 e. The van der Waals surface area contributed by atoms with E-state index in [4.69, 9.17) is 4.74 Å². The molecule has 0 unspecified atom stereocenters. The molecule has 0 spiro atoms. The van der Waals surface area contributed by atoms with Crippen LogP contribution in [0.4, 0.5) is 10.5 Å². The molecule has 3 rings (SSSR count). The number of urea groups is 1. The van der Waals surface area contributed by atoms with Gasteiger partial charge in [0.15, 0.2) is 0 Å².